The average molecular weight is 1430 g/mol. The predicted octanol–water partition coefficient (Wildman–Crippen LogP) is 16.6. The van der Waals surface area contributed by atoms with Gasteiger partial charge in [-0.15, -0.1) is 39.5 Å². The molecule has 0 aliphatic rings. The van der Waals surface area contributed by atoms with Crippen LogP contribution in [0.1, 0.15) is 97.7 Å². The molecule has 0 saturated heterocycles. The molecule has 0 saturated carbocycles. The number of ketones is 2. The van der Waals surface area contributed by atoms with Gasteiger partial charge >= 0.3 is 26.2 Å². The number of halogens is 15. The molecule has 0 spiro atoms. The summed E-state index contributed by atoms with van der Waals surface area (Å²) in [5.74, 6) is -4.71. The summed E-state index contributed by atoms with van der Waals surface area (Å²) in [6, 6.07) is 14.8. The molecule has 2 atom stereocenters. The number of ether oxygens (including phenoxy) is 3. The maximum absolute atomic E-state index is 14.5. The molecule has 97 heavy (non-hydrogen) atoms. The predicted molar refractivity (Wildman–Crippen MR) is 346 cm³/mol. The number of rotatable bonds is 19. The Balaban J connectivity index is 0.000000277. The molecule has 0 amide bonds. The highest BCUT2D eigenvalue weighted by Gasteiger charge is 2.34. The minimum absolute atomic E-state index is 0.0404. The van der Waals surface area contributed by atoms with E-state index >= 15 is 0 Å². The smallest absolute Gasteiger partial charge is 0.423 e. The number of nitrogens with one attached hydrogen (secondary N) is 1. The van der Waals surface area contributed by atoms with Gasteiger partial charge in [-0.1, -0.05) is 54.5 Å². The number of aromatic nitrogens is 5. The molecule has 5 heterocycles. The van der Waals surface area contributed by atoms with Crippen LogP contribution in [0, 0.1) is 17.5 Å². The van der Waals surface area contributed by atoms with E-state index in [1.165, 1.54) is 43.1 Å². The van der Waals surface area contributed by atoms with Gasteiger partial charge in [-0.2, -0.15) is 0 Å². The monoisotopic (exact) mass is 1430 g/mol. The molecule has 0 bridgehead atoms. The highest BCUT2D eigenvalue weighted by Crippen LogP contribution is 2.36. The van der Waals surface area contributed by atoms with E-state index in [9.17, 15) is 67.4 Å². The molecule has 3 aromatic carbocycles. The molecule has 5 aromatic heterocycles. The van der Waals surface area contributed by atoms with Crippen molar-refractivity contribution in [1.82, 2.24) is 24.9 Å². The van der Waals surface area contributed by atoms with E-state index < -0.39 is 78.6 Å². The summed E-state index contributed by atoms with van der Waals surface area (Å²) in [6.07, 6.45) is -4.38. The van der Waals surface area contributed by atoms with E-state index in [0.29, 0.717) is 80.0 Å². The number of carbonyl (C=O) groups excluding carboxylic acids is 2. The first-order valence-corrected chi connectivity index (χ1v) is 29.1. The number of nitrogen functional groups attached to an aromatic ring is 1. The number of carbonyl (C=O) groups is 2. The van der Waals surface area contributed by atoms with E-state index in [0.717, 1.165) is 53.6 Å². The Morgan fingerprint density at radius 2 is 0.938 bits per heavy atom. The number of hydrogen-bond donors (Lipinski definition) is 6. The first-order chi connectivity index (χ1) is 45.1. The minimum atomic E-state index is -4.93. The SMILES string of the molecule is C=C(C)c1cnc(-c2cc(OC(F)(F)F)ccc2F)cc1Cl.C=C(C)c1cnc(-c2cc(OC(F)(F)F)ccc2F)cc1Nc1ccncc1C(=O)CC[C@H](C)O.C=C(C)c1cnc(Cl)cc1Cl.C[C@H](O)CCC(=O)c1cnccc1N.OB(O)c1cc(OC(F)(F)F)ccc1F. The number of allylic oxidation sites excluding steroid dienone is 3. The fourth-order valence-corrected chi connectivity index (χ4v) is 8.67. The second-order valence-electron chi connectivity index (χ2n) is 20.6. The number of aliphatic hydroxyl groups excluding tert-OH is 2. The Labute approximate surface area is 562 Å². The van der Waals surface area contributed by atoms with Crippen molar-refractivity contribution in [3.63, 3.8) is 0 Å². The van der Waals surface area contributed by atoms with Gasteiger partial charge in [0.25, 0.3) is 0 Å². The van der Waals surface area contributed by atoms with Gasteiger partial charge in [0.2, 0.25) is 0 Å². The van der Waals surface area contributed by atoms with Gasteiger partial charge in [-0.3, -0.25) is 29.5 Å². The van der Waals surface area contributed by atoms with E-state index in [4.69, 9.17) is 55.7 Å². The van der Waals surface area contributed by atoms with E-state index in [-0.39, 0.29) is 57.5 Å². The highest BCUT2D eigenvalue weighted by atomic mass is 35.5. The van der Waals surface area contributed by atoms with Crippen molar-refractivity contribution in [2.45, 2.75) is 91.6 Å². The maximum atomic E-state index is 14.5. The number of aliphatic hydroxyl groups is 2. The zero-order chi connectivity index (χ0) is 72.9. The molecular weight excluding hydrogens is 1370 g/mol. The lowest BCUT2D eigenvalue weighted by Crippen LogP contribution is -2.33. The van der Waals surface area contributed by atoms with E-state index in [2.05, 4.69) is 64.2 Å². The zero-order valence-electron chi connectivity index (χ0n) is 51.6. The third-order valence-electron chi connectivity index (χ3n) is 12.5. The van der Waals surface area contributed by atoms with Crippen LogP contribution in [0.25, 0.3) is 39.2 Å². The van der Waals surface area contributed by atoms with E-state index in [1.807, 2.05) is 6.92 Å². The highest BCUT2D eigenvalue weighted by molar-refractivity contribution is 6.58. The summed E-state index contributed by atoms with van der Waals surface area (Å²) >= 11 is 17.5. The van der Waals surface area contributed by atoms with Gasteiger partial charge in [0.05, 0.1) is 50.5 Å². The van der Waals surface area contributed by atoms with Crippen molar-refractivity contribution in [3.05, 3.63) is 209 Å². The molecule has 0 aliphatic carbocycles. The molecule has 16 nitrogen and oxygen atoms in total. The van der Waals surface area contributed by atoms with Crippen LogP contribution in [0.4, 0.5) is 69.7 Å². The Bertz CT molecular complexity index is 4070. The molecule has 0 aliphatic heterocycles. The van der Waals surface area contributed by atoms with Crippen molar-refractivity contribution >= 4 is 92.7 Å². The largest absolute Gasteiger partial charge is 0.573 e. The normalized spacial score (nSPS) is 11.6. The van der Waals surface area contributed by atoms with Crippen molar-refractivity contribution in [2.75, 3.05) is 11.1 Å². The summed E-state index contributed by atoms with van der Waals surface area (Å²) < 4.78 is 162. The average Bonchev–Trinajstić information content (AvgIpc) is 0.843. The molecular formula is C65H59BCl3F12N7O9. The van der Waals surface area contributed by atoms with Crippen LogP contribution in [-0.4, -0.2) is 95.2 Å². The zero-order valence-corrected chi connectivity index (χ0v) is 53.9. The standard InChI is InChI=1S/C25H23F4N3O3.C15H10ClF4NO.C10H14N2O2.C8H7Cl2N.C7H5BF4O3/c1-14(2)18-13-31-22(17-10-16(5-6-20(17)26)35-25(27,28)29)11-23(18)32-21-8-9-30-12-19(21)24(34)7-4-15(3)33;1-8(2)11-7-21-14(6-12(11)16)10-5-9(3-4-13(10)17)22-15(18,19)20;1-7(13)2-3-10(14)8-6-12-5-4-9(8)11;1-5(2)6-4-11-8(10)3-7(6)9;9-6-2-1-4(15-7(10,11)12)3-5(6)8(13)14/h5-6,8-13,15,33H,1,4,7H2,2-3H3,(H,30,31,32);3-7H,1H2,2H3;4-7,13H,2-3H2,1H3,(H2,11,12);3-4H,1H2,2H3;1-3,13-14H/t15-;;7-;;/m0.0../s1. The lowest BCUT2D eigenvalue weighted by Gasteiger charge is -2.16. The summed E-state index contributed by atoms with van der Waals surface area (Å²) in [4.78, 5) is 44.1. The van der Waals surface area contributed by atoms with Crippen molar-refractivity contribution in [3.8, 4) is 39.8 Å². The molecule has 7 N–H and O–H groups in total. The Morgan fingerprint density at radius 3 is 1.36 bits per heavy atom. The molecule has 8 rings (SSSR count). The second kappa shape index (κ2) is 36.3. The van der Waals surface area contributed by atoms with Gasteiger partial charge in [0.1, 0.15) is 39.9 Å². The molecule has 516 valence electrons. The van der Waals surface area contributed by atoms with Gasteiger partial charge in [0, 0.05) is 101 Å². The molecule has 32 heteroatoms. The van der Waals surface area contributed by atoms with Crippen LogP contribution >= 0.6 is 34.8 Å². The van der Waals surface area contributed by atoms with Gasteiger partial charge in [-0.05, 0) is 149 Å². The van der Waals surface area contributed by atoms with Crippen LogP contribution in [0.2, 0.25) is 15.2 Å². The van der Waals surface area contributed by atoms with Crippen molar-refractivity contribution < 1.29 is 96.7 Å². The fraction of sp³-hybridized carbons (Fsp3) is 0.215. The number of benzene rings is 3. The van der Waals surface area contributed by atoms with Crippen LogP contribution in [-0.2, 0) is 0 Å². The Hall–Kier alpha value is -9.10. The molecule has 0 unspecified atom stereocenters. The lowest BCUT2D eigenvalue weighted by molar-refractivity contribution is -0.275. The van der Waals surface area contributed by atoms with Gasteiger partial charge in [-0.25, -0.2) is 18.2 Å². The van der Waals surface area contributed by atoms with Gasteiger partial charge < -0.3 is 45.5 Å². The lowest BCUT2D eigenvalue weighted by atomic mass is 9.80. The quantitative estimate of drug-likeness (QED) is 0.0191. The Morgan fingerprint density at radius 1 is 0.536 bits per heavy atom. The van der Waals surface area contributed by atoms with E-state index in [1.54, 1.807) is 58.3 Å². The topological polar surface area (TPSA) is 245 Å². The minimum Gasteiger partial charge on any atom is -0.423 e. The first-order valence-electron chi connectivity index (χ1n) is 27.9. The fourth-order valence-electron chi connectivity index (χ4n) is 7.83. The number of nitrogens with two attached hydrogens (primary N) is 1. The maximum Gasteiger partial charge on any atom is 0.573 e. The second-order valence-corrected chi connectivity index (χ2v) is 21.8. The number of pyridine rings is 5. The van der Waals surface area contributed by atoms with Crippen LogP contribution < -0.4 is 30.7 Å². The number of Topliss-reactive ketones (excluding diaryl/α,β-unsaturated/α-hetero) is 2. The Kier molecular flexibility index (Phi) is 30.1. The third kappa shape index (κ3) is 27.1. The summed E-state index contributed by atoms with van der Waals surface area (Å²) in [7, 11) is -2.19. The van der Waals surface area contributed by atoms with Crippen LogP contribution in [0.15, 0.2) is 148 Å². The number of nitrogens with zero attached hydrogens (tertiary/aromatic N) is 5. The molecule has 8 aromatic rings. The summed E-state index contributed by atoms with van der Waals surface area (Å²) in [5.41, 5.74) is 10.8. The summed E-state index contributed by atoms with van der Waals surface area (Å²) in [6.45, 7) is 19.9. The molecule has 0 radical (unpaired) electrons. The number of anilines is 3. The molecule has 0 fully saturated rings. The number of hydrogen-bond acceptors (Lipinski definition) is 16. The van der Waals surface area contributed by atoms with Crippen molar-refractivity contribution in [1.29, 1.82) is 0 Å². The van der Waals surface area contributed by atoms with Crippen LogP contribution in [0.3, 0.4) is 0 Å². The van der Waals surface area contributed by atoms with Crippen molar-refractivity contribution in [2.24, 2.45) is 0 Å². The third-order valence-corrected chi connectivity index (χ3v) is 13.3. The first kappa shape index (κ1) is 80.3. The van der Waals surface area contributed by atoms with Gasteiger partial charge in [0.15, 0.2) is 11.6 Å². The summed E-state index contributed by atoms with van der Waals surface area (Å²) in [5, 5.41) is 40.1. The number of alkyl halides is 9. The van der Waals surface area contributed by atoms with Crippen LogP contribution in [0.5, 0.6) is 17.2 Å².